The van der Waals surface area contributed by atoms with E-state index >= 15 is 0 Å². The fraction of sp³-hybridized carbons (Fsp3) is 0.214. The van der Waals surface area contributed by atoms with Gasteiger partial charge in [-0.25, -0.2) is 0 Å². The Kier molecular flexibility index (Phi) is 4.06. The largest absolute Gasteiger partial charge is 0.261 e. The van der Waals surface area contributed by atoms with Crippen LogP contribution in [-0.2, 0) is 18.3 Å². The van der Waals surface area contributed by atoms with E-state index in [-0.39, 0.29) is 5.41 Å². The van der Waals surface area contributed by atoms with Crippen molar-refractivity contribution in [1.29, 1.82) is 0 Å². The highest BCUT2D eigenvalue weighted by Gasteiger charge is 2.24. The first-order chi connectivity index (χ1) is 15.0. The molecule has 0 aliphatic heterocycles. The fourth-order valence-corrected chi connectivity index (χ4v) is 6.31. The van der Waals surface area contributed by atoms with E-state index in [0.29, 0.717) is 0 Å². The Morgan fingerprint density at radius 1 is 0.839 bits per heavy atom. The summed E-state index contributed by atoms with van der Waals surface area (Å²) in [5.74, 6) is 0. The first kappa shape index (κ1) is 18.7. The van der Waals surface area contributed by atoms with E-state index < -0.39 is 0 Å². The van der Waals surface area contributed by atoms with Crippen molar-refractivity contribution < 1.29 is 0 Å². The smallest absolute Gasteiger partial charge is 0.0880 e. The van der Waals surface area contributed by atoms with Crippen molar-refractivity contribution in [2.24, 2.45) is 0 Å². The number of nitrogens with zero attached hydrogens (tertiary/aromatic N) is 2. The van der Waals surface area contributed by atoms with Gasteiger partial charge >= 0.3 is 0 Å². The minimum Gasteiger partial charge on any atom is -0.261 e. The second-order valence-corrected chi connectivity index (χ2v) is 10.5. The number of rotatable bonds is 1. The first-order valence-corrected chi connectivity index (χ1v) is 11.7. The van der Waals surface area contributed by atoms with Crippen LogP contribution in [0.4, 0.5) is 0 Å². The number of hydrogen-bond donors (Lipinski definition) is 0. The number of fused-ring (bicyclic) bond motifs is 6. The van der Waals surface area contributed by atoms with Gasteiger partial charge in [0.25, 0.3) is 0 Å². The van der Waals surface area contributed by atoms with Gasteiger partial charge in [0.2, 0.25) is 0 Å². The summed E-state index contributed by atoms with van der Waals surface area (Å²) in [4.78, 5) is 10.9. The third-order valence-corrected chi connectivity index (χ3v) is 7.69. The van der Waals surface area contributed by atoms with Crippen molar-refractivity contribution in [1.82, 2.24) is 9.97 Å². The van der Waals surface area contributed by atoms with Crippen molar-refractivity contribution in [3.05, 3.63) is 83.8 Å². The van der Waals surface area contributed by atoms with Gasteiger partial charge < -0.3 is 0 Å². The molecule has 0 atom stereocenters. The Balaban J connectivity index is 1.64. The van der Waals surface area contributed by atoms with Crippen LogP contribution < -0.4 is 0 Å². The van der Waals surface area contributed by atoms with Gasteiger partial charge in [-0.3, -0.25) is 9.97 Å². The maximum Gasteiger partial charge on any atom is 0.0880 e. The van der Waals surface area contributed by atoms with Gasteiger partial charge in [-0.15, -0.1) is 11.3 Å². The zero-order valence-electron chi connectivity index (χ0n) is 18.1. The number of hydrogen-bond acceptors (Lipinski definition) is 3. The maximum absolute atomic E-state index is 4.90. The molecular weight excluding hydrogens is 396 g/mol. The lowest BCUT2D eigenvalue weighted by Gasteiger charge is -2.22. The summed E-state index contributed by atoms with van der Waals surface area (Å²) in [6.07, 6.45) is 5.95. The van der Waals surface area contributed by atoms with Crippen LogP contribution in [0.15, 0.2) is 67.0 Å². The van der Waals surface area contributed by atoms with Crippen molar-refractivity contribution in [2.75, 3.05) is 0 Å². The molecule has 152 valence electrons. The topological polar surface area (TPSA) is 25.8 Å². The minimum atomic E-state index is 0.0583. The van der Waals surface area contributed by atoms with Crippen LogP contribution in [-0.4, -0.2) is 9.97 Å². The summed E-state index contributed by atoms with van der Waals surface area (Å²) < 4.78 is 1.29. The van der Waals surface area contributed by atoms with E-state index in [1.165, 1.54) is 53.7 Å². The fourth-order valence-electron chi connectivity index (χ4n) is 4.90. The predicted molar refractivity (Wildman–Crippen MR) is 132 cm³/mol. The molecule has 0 radical (unpaired) electrons. The van der Waals surface area contributed by atoms with Gasteiger partial charge in [0, 0.05) is 39.5 Å². The van der Waals surface area contributed by atoms with Gasteiger partial charge in [0.05, 0.1) is 10.4 Å². The minimum absolute atomic E-state index is 0.0583. The zero-order valence-corrected chi connectivity index (χ0v) is 18.9. The molecule has 2 aromatic carbocycles. The van der Waals surface area contributed by atoms with Crippen LogP contribution in [0.1, 0.15) is 37.6 Å². The van der Waals surface area contributed by atoms with Crippen LogP contribution in [0, 0.1) is 0 Å². The monoisotopic (exact) mass is 420 g/mol. The number of benzene rings is 2. The summed E-state index contributed by atoms with van der Waals surface area (Å²) in [5, 5.41) is 3.96. The molecule has 0 unspecified atom stereocenters. The Bertz CT molecular complexity index is 1470. The molecule has 31 heavy (non-hydrogen) atoms. The first-order valence-electron chi connectivity index (χ1n) is 10.9. The van der Waals surface area contributed by atoms with Gasteiger partial charge in [0.1, 0.15) is 0 Å². The molecule has 3 heteroatoms. The highest BCUT2D eigenvalue weighted by Crippen LogP contribution is 2.46. The van der Waals surface area contributed by atoms with Gasteiger partial charge in [-0.05, 0) is 64.4 Å². The molecule has 1 aliphatic rings. The quantitative estimate of drug-likeness (QED) is 0.279. The molecule has 1 aliphatic carbocycles. The van der Waals surface area contributed by atoms with Gasteiger partial charge in [0.15, 0.2) is 0 Å². The molecule has 3 heterocycles. The lowest BCUT2D eigenvalue weighted by Crippen LogP contribution is -2.12. The molecule has 0 bridgehead atoms. The second-order valence-electron chi connectivity index (χ2n) is 9.44. The maximum atomic E-state index is 4.90. The summed E-state index contributed by atoms with van der Waals surface area (Å²) in [6.45, 7) is 6.88. The molecular formula is C28H24N2S. The van der Waals surface area contributed by atoms with Gasteiger partial charge in [-0.2, -0.15) is 0 Å². The highest BCUT2D eigenvalue weighted by molar-refractivity contribution is 7.23. The van der Waals surface area contributed by atoms with Crippen LogP contribution in [0.5, 0.6) is 0 Å². The lowest BCUT2D eigenvalue weighted by molar-refractivity contribution is 0.596. The number of aromatic nitrogens is 2. The Hall–Kier alpha value is -3.04. The van der Waals surface area contributed by atoms with Crippen molar-refractivity contribution in [2.45, 2.75) is 39.0 Å². The van der Waals surface area contributed by atoms with Crippen LogP contribution in [0.25, 0.3) is 42.6 Å². The van der Waals surface area contributed by atoms with Crippen molar-refractivity contribution in [3.8, 4) is 21.7 Å². The summed E-state index contributed by atoms with van der Waals surface area (Å²) in [6, 6.07) is 19.8. The average Bonchev–Trinajstić information content (AvgIpc) is 3.17. The number of thiophene rings is 1. The van der Waals surface area contributed by atoms with Crippen LogP contribution in [0.3, 0.4) is 0 Å². The Morgan fingerprint density at radius 3 is 2.58 bits per heavy atom. The second kappa shape index (κ2) is 6.73. The lowest BCUT2D eigenvalue weighted by atomic mass is 9.82. The van der Waals surface area contributed by atoms with E-state index in [9.17, 15) is 0 Å². The number of aryl methyl sites for hydroxylation is 2. The Morgan fingerprint density at radius 2 is 1.71 bits per heavy atom. The van der Waals surface area contributed by atoms with Crippen molar-refractivity contribution in [3.63, 3.8) is 0 Å². The van der Waals surface area contributed by atoms with E-state index in [1.807, 2.05) is 23.7 Å². The molecule has 2 nitrogen and oxygen atoms in total. The van der Waals surface area contributed by atoms with E-state index in [2.05, 4.69) is 80.4 Å². The van der Waals surface area contributed by atoms with E-state index in [0.717, 1.165) is 18.5 Å². The molecule has 0 fully saturated rings. The van der Waals surface area contributed by atoms with E-state index in [1.54, 1.807) is 0 Å². The molecule has 6 rings (SSSR count). The van der Waals surface area contributed by atoms with Gasteiger partial charge in [-0.1, -0.05) is 51.1 Å². The molecule has 0 saturated heterocycles. The predicted octanol–water partition coefficient (Wildman–Crippen LogP) is 7.57. The molecule has 0 amide bonds. The third-order valence-electron chi connectivity index (χ3n) is 6.40. The highest BCUT2D eigenvalue weighted by atomic mass is 32.1. The standard InChI is InChI=1S/C28H24N2S/c1-28(2,3)23-16-18(15-17-7-4-5-8-19(17)23)25-27-21(12-14-30-25)20-10-11-24-22(26(20)31-27)9-6-13-29-24/h4-9,12-16H,10-11H2,1-3H3. The number of pyridine rings is 2. The summed E-state index contributed by atoms with van der Waals surface area (Å²) in [7, 11) is 0. The van der Waals surface area contributed by atoms with Crippen LogP contribution >= 0.6 is 11.3 Å². The average molecular weight is 421 g/mol. The molecule has 0 N–H and O–H groups in total. The summed E-state index contributed by atoms with van der Waals surface area (Å²) in [5.41, 5.74) is 7.71. The zero-order chi connectivity index (χ0) is 21.2. The molecule has 3 aromatic heterocycles. The molecule has 0 spiro atoms. The van der Waals surface area contributed by atoms with Crippen LogP contribution in [0.2, 0.25) is 0 Å². The Labute approximate surface area is 186 Å². The molecule has 5 aromatic rings. The third kappa shape index (κ3) is 2.91. The SMILES string of the molecule is CC(C)(C)c1cc(-c2nccc3c4c(sc23)-c2cccnc2CC4)cc2ccccc12. The summed E-state index contributed by atoms with van der Waals surface area (Å²) >= 11 is 1.88. The molecule has 0 saturated carbocycles. The normalized spacial score (nSPS) is 13.4. The van der Waals surface area contributed by atoms with E-state index in [4.69, 9.17) is 4.98 Å². The van der Waals surface area contributed by atoms with Crippen molar-refractivity contribution >= 4 is 32.2 Å².